The number of nitrogens with zero attached hydrogens (tertiary/aromatic N) is 1. The lowest BCUT2D eigenvalue weighted by atomic mass is 10.1. The molecule has 0 spiro atoms. The molecule has 0 unspecified atom stereocenters. The van der Waals surface area contributed by atoms with Crippen LogP contribution in [0.2, 0.25) is 0 Å². The highest BCUT2D eigenvalue weighted by molar-refractivity contribution is 9.10. The Morgan fingerprint density at radius 2 is 2.00 bits per heavy atom. The van der Waals surface area contributed by atoms with E-state index < -0.39 is 4.92 Å². The third-order valence-electron chi connectivity index (χ3n) is 2.14. The van der Waals surface area contributed by atoms with Gasteiger partial charge in [-0.25, -0.2) is 0 Å². The number of nitro benzene ring substituents is 1. The molecule has 15 heavy (non-hydrogen) atoms. The molecule has 0 radical (unpaired) electrons. The van der Waals surface area contributed by atoms with Gasteiger partial charge in [0.1, 0.15) is 0 Å². The molecule has 0 fully saturated rings. The van der Waals surface area contributed by atoms with Crippen LogP contribution in [0.15, 0.2) is 34.8 Å². The number of rotatable bonds is 1. The highest BCUT2D eigenvalue weighted by atomic mass is 79.9. The van der Waals surface area contributed by atoms with Gasteiger partial charge in [-0.3, -0.25) is 10.1 Å². The summed E-state index contributed by atoms with van der Waals surface area (Å²) in [6.07, 6.45) is 0. The number of phenols is 1. The Hall–Kier alpha value is -1.62. The van der Waals surface area contributed by atoms with Crippen LogP contribution in [0.25, 0.3) is 10.8 Å². The lowest BCUT2D eigenvalue weighted by molar-refractivity contribution is -0.385. The molecule has 2 aromatic rings. The van der Waals surface area contributed by atoms with E-state index in [2.05, 4.69) is 15.9 Å². The van der Waals surface area contributed by atoms with Gasteiger partial charge in [-0.2, -0.15) is 0 Å². The van der Waals surface area contributed by atoms with E-state index in [4.69, 9.17) is 0 Å². The Bertz CT molecular complexity index is 554. The van der Waals surface area contributed by atoms with Crippen molar-refractivity contribution in [2.45, 2.75) is 0 Å². The molecule has 76 valence electrons. The third kappa shape index (κ3) is 1.55. The van der Waals surface area contributed by atoms with Gasteiger partial charge in [0.2, 0.25) is 5.75 Å². The Morgan fingerprint density at radius 1 is 1.33 bits per heavy atom. The van der Waals surface area contributed by atoms with E-state index in [0.717, 1.165) is 5.39 Å². The highest BCUT2D eigenvalue weighted by Gasteiger charge is 2.18. The molecular formula is C10H6BrNO3. The number of benzene rings is 2. The highest BCUT2D eigenvalue weighted by Crippen LogP contribution is 2.39. The number of hydrogen-bond donors (Lipinski definition) is 1. The number of aromatic hydroxyl groups is 1. The van der Waals surface area contributed by atoms with Crippen molar-refractivity contribution in [3.63, 3.8) is 0 Å². The van der Waals surface area contributed by atoms with Gasteiger partial charge in [0, 0.05) is 11.5 Å². The zero-order valence-corrected chi connectivity index (χ0v) is 9.06. The number of phenolic OH excluding ortho intramolecular Hbond substituents is 1. The van der Waals surface area contributed by atoms with Crippen LogP contribution in [0.3, 0.4) is 0 Å². The minimum Gasteiger partial charge on any atom is -0.501 e. The largest absolute Gasteiger partial charge is 0.501 e. The van der Waals surface area contributed by atoms with Crippen LogP contribution in [-0.4, -0.2) is 10.0 Å². The Kier molecular flexibility index (Phi) is 2.32. The van der Waals surface area contributed by atoms with Crippen LogP contribution in [0.4, 0.5) is 5.69 Å². The molecule has 0 amide bonds. The van der Waals surface area contributed by atoms with Gasteiger partial charge >= 0.3 is 5.69 Å². The van der Waals surface area contributed by atoms with Crippen molar-refractivity contribution in [3.05, 3.63) is 44.9 Å². The lowest BCUT2D eigenvalue weighted by Gasteiger charge is -2.03. The van der Waals surface area contributed by atoms with Gasteiger partial charge in [0.25, 0.3) is 0 Å². The molecule has 2 rings (SSSR count). The molecule has 1 N–H and O–H groups in total. The van der Waals surface area contributed by atoms with Gasteiger partial charge in [-0.15, -0.1) is 0 Å². The molecule has 0 aliphatic heterocycles. The van der Waals surface area contributed by atoms with Gasteiger partial charge in [0.05, 0.1) is 9.40 Å². The van der Waals surface area contributed by atoms with Gasteiger partial charge < -0.3 is 5.11 Å². The van der Waals surface area contributed by atoms with Gasteiger partial charge in [-0.1, -0.05) is 24.3 Å². The van der Waals surface area contributed by atoms with Crippen molar-refractivity contribution in [2.24, 2.45) is 0 Å². The second-order valence-corrected chi connectivity index (χ2v) is 3.83. The maximum atomic E-state index is 10.6. The predicted octanol–water partition coefficient (Wildman–Crippen LogP) is 3.22. The van der Waals surface area contributed by atoms with E-state index in [-0.39, 0.29) is 11.4 Å². The average molecular weight is 268 g/mol. The number of hydrogen-bond acceptors (Lipinski definition) is 3. The topological polar surface area (TPSA) is 63.4 Å². The lowest BCUT2D eigenvalue weighted by Crippen LogP contribution is -1.89. The maximum absolute atomic E-state index is 10.6. The fourth-order valence-electron chi connectivity index (χ4n) is 1.42. The van der Waals surface area contributed by atoms with E-state index in [9.17, 15) is 15.2 Å². The molecule has 0 aliphatic carbocycles. The third-order valence-corrected chi connectivity index (χ3v) is 2.94. The molecule has 0 saturated heterocycles. The van der Waals surface area contributed by atoms with Crippen molar-refractivity contribution in [1.29, 1.82) is 0 Å². The van der Waals surface area contributed by atoms with Gasteiger partial charge in [-0.05, 0) is 21.3 Å². The van der Waals surface area contributed by atoms with Crippen LogP contribution in [0.5, 0.6) is 5.75 Å². The quantitative estimate of drug-likeness (QED) is 0.638. The zero-order chi connectivity index (χ0) is 11.0. The number of nitro groups is 1. The van der Waals surface area contributed by atoms with Gasteiger partial charge in [0.15, 0.2) is 0 Å². The van der Waals surface area contributed by atoms with E-state index >= 15 is 0 Å². The van der Waals surface area contributed by atoms with E-state index in [1.165, 1.54) is 6.07 Å². The summed E-state index contributed by atoms with van der Waals surface area (Å²) in [6.45, 7) is 0. The number of halogens is 1. The minimum atomic E-state index is -0.605. The van der Waals surface area contributed by atoms with E-state index in [1.807, 2.05) is 0 Å². The smallest absolute Gasteiger partial charge is 0.312 e. The Morgan fingerprint density at radius 3 is 2.67 bits per heavy atom. The average Bonchev–Trinajstić information content (AvgIpc) is 2.23. The standard InChI is InChI=1S/C10H6BrNO3/c11-9-7-4-2-1-3-6(7)5-8(10(9)13)12(14)15/h1-5,13H. The predicted molar refractivity (Wildman–Crippen MR) is 60.0 cm³/mol. The SMILES string of the molecule is O=[N+]([O-])c1cc2ccccc2c(Br)c1O. The fraction of sp³-hybridized carbons (Fsp3) is 0. The molecule has 0 heterocycles. The maximum Gasteiger partial charge on any atom is 0.312 e. The molecule has 0 aromatic heterocycles. The normalized spacial score (nSPS) is 10.5. The van der Waals surface area contributed by atoms with Crippen LogP contribution < -0.4 is 0 Å². The number of fused-ring (bicyclic) bond motifs is 1. The summed E-state index contributed by atoms with van der Waals surface area (Å²) >= 11 is 3.15. The minimum absolute atomic E-state index is 0.291. The van der Waals surface area contributed by atoms with Crippen molar-refractivity contribution < 1.29 is 10.0 Å². The van der Waals surface area contributed by atoms with E-state index in [0.29, 0.717) is 9.86 Å². The van der Waals surface area contributed by atoms with E-state index in [1.54, 1.807) is 24.3 Å². The van der Waals surface area contributed by atoms with Crippen molar-refractivity contribution >= 4 is 32.4 Å². The van der Waals surface area contributed by atoms with Crippen molar-refractivity contribution in [3.8, 4) is 5.75 Å². The molecule has 0 aliphatic rings. The van der Waals surface area contributed by atoms with Crippen LogP contribution in [0, 0.1) is 10.1 Å². The fourth-order valence-corrected chi connectivity index (χ4v) is 1.98. The van der Waals surface area contributed by atoms with Crippen LogP contribution in [-0.2, 0) is 0 Å². The monoisotopic (exact) mass is 267 g/mol. The molecule has 2 aromatic carbocycles. The molecule has 0 bridgehead atoms. The Balaban J connectivity index is 2.88. The second kappa shape index (κ2) is 3.51. The first-order valence-corrected chi connectivity index (χ1v) is 4.95. The summed E-state index contributed by atoms with van der Waals surface area (Å²) in [5.74, 6) is -0.335. The second-order valence-electron chi connectivity index (χ2n) is 3.04. The Labute approximate surface area is 93.4 Å². The van der Waals surface area contributed by atoms with Crippen LogP contribution >= 0.6 is 15.9 Å². The van der Waals surface area contributed by atoms with Crippen LogP contribution in [0.1, 0.15) is 0 Å². The molecule has 4 nitrogen and oxygen atoms in total. The van der Waals surface area contributed by atoms with Crippen molar-refractivity contribution in [2.75, 3.05) is 0 Å². The summed E-state index contributed by atoms with van der Waals surface area (Å²) in [7, 11) is 0. The molecule has 0 saturated carbocycles. The summed E-state index contributed by atoms with van der Waals surface area (Å²) < 4.78 is 0.354. The summed E-state index contributed by atoms with van der Waals surface area (Å²) in [4.78, 5) is 10.0. The zero-order valence-electron chi connectivity index (χ0n) is 7.48. The summed E-state index contributed by atoms with van der Waals surface area (Å²) in [6, 6.07) is 8.48. The molecule has 5 heteroatoms. The first-order valence-electron chi connectivity index (χ1n) is 4.16. The molecular weight excluding hydrogens is 262 g/mol. The summed E-state index contributed by atoms with van der Waals surface area (Å²) in [5, 5.41) is 21.7. The van der Waals surface area contributed by atoms with Crippen molar-refractivity contribution in [1.82, 2.24) is 0 Å². The first-order chi connectivity index (χ1) is 7.11. The first kappa shape index (κ1) is 9.92. The molecule has 0 atom stereocenters. The summed E-state index contributed by atoms with van der Waals surface area (Å²) in [5.41, 5.74) is -0.291.